The molecule has 3 rings (SSSR count). The van der Waals surface area contributed by atoms with Crippen LogP contribution in [-0.4, -0.2) is 42.2 Å². The zero-order chi connectivity index (χ0) is 17.8. The molecule has 5 nitrogen and oxygen atoms in total. The number of hydrogen-bond acceptors (Lipinski definition) is 4. The van der Waals surface area contributed by atoms with Gasteiger partial charge in [0.25, 0.3) is 0 Å². The van der Waals surface area contributed by atoms with Crippen molar-refractivity contribution in [3.05, 3.63) is 35.0 Å². The Morgan fingerprint density at radius 1 is 1.44 bits per heavy atom. The molecule has 1 aliphatic rings. The first-order chi connectivity index (χ1) is 12.1. The molecule has 1 aromatic heterocycles. The Kier molecular flexibility index (Phi) is 5.76. The molecule has 1 amide bonds. The van der Waals surface area contributed by atoms with Gasteiger partial charge < -0.3 is 14.4 Å². The lowest BCUT2D eigenvalue weighted by atomic mass is 10.1. The zero-order valence-electron chi connectivity index (χ0n) is 14.6. The fraction of sp³-hybridized carbons (Fsp3) is 0.474. The third-order valence-electron chi connectivity index (χ3n) is 4.52. The number of methoxy groups -OCH3 is 1. The van der Waals surface area contributed by atoms with Crippen molar-refractivity contribution in [1.29, 1.82) is 0 Å². The maximum absolute atomic E-state index is 12.4. The normalized spacial score (nSPS) is 17.0. The predicted octanol–water partition coefficient (Wildman–Crippen LogP) is 3.81. The van der Waals surface area contributed by atoms with Gasteiger partial charge in [0.1, 0.15) is 10.9 Å². The topological polar surface area (TPSA) is 51.7 Å². The van der Waals surface area contributed by atoms with Crippen molar-refractivity contribution in [2.45, 2.75) is 38.8 Å². The zero-order valence-corrected chi connectivity index (χ0v) is 15.4. The van der Waals surface area contributed by atoms with E-state index in [0.717, 1.165) is 41.7 Å². The molecular weight excluding hydrogens is 340 g/mol. The molecule has 134 valence electrons. The number of fused-ring (bicyclic) bond motifs is 1. The van der Waals surface area contributed by atoms with Crippen LogP contribution in [-0.2, 0) is 16.1 Å². The van der Waals surface area contributed by atoms with Gasteiger partial charge in [-0.05, 0) is 31.0 Å². The van der Waals surface area contributed by atoms with Crippen LogP contribution in [0.4, 0.5) is 0 Å². The number of amides is 1. The van der Waals surface area contributed by atoms with Crippen molar-refractivity contribution in [3.8, 4) is 5.75 Å². The van der Waals surface area contributed by atoms with Crippen molar-refractivity contribution in [2.75, 3.05) is 20.3 Å². The van der Waals surface area contributed by atoms with Crippen molar-refractivity contribution in [2.24, 2.45) is 0 Å². The minimum atomic E-state index is 0.0985. The predicted molar refractivity (Wildman–Crippen MR) is 98.0 cm³/mol. The van der Waals surface area contributed by atoms with Crippen molar-refractivity contribution in [3.63, 3.8) is 0 Å². The second kappa shape index (κ2) is 8.02. The molecule has 0 bridgehead atoms. The Hall–Kier alpha value is -1.85. The summed E-state index contributed by atoms with van der Waals surface area (Å²) < 4.78 is 10.9. The Bertz CT molecular complexity index is 760. The summed E-state index contributed by atoms with van der Waals surface area (Å²) in [5.41, 5.74) is 1.62. The van der Waals surface area contributed by atoms with E-state index in [9.17, 15) is 4.79 Å². The molecule has 2 aromatic rings. The van der Waals surface area contributed by atoms with Gasteiger partial charge in [-0.3, -0.25) is 4.79 Å². The van der Waals surface area contributed by atoms with Gasteiger partial charge in [-0.2, -0.15) is 0 Å². The SMILES string of the molecule is CCC(=O)N(Cc1cc2ccc(OC)cc2nc1Cl)CC1CCCO1. The lowest BCUT2D eigenvalue weighted by Gasteiger charge is -2.25. The minimum absolute atomic E-state index is 0.0985. The maximum Gasteiger partial charge on any atom is 0.222 e. The van der Waals surface area contributed by atoms with E-state index in [0.29, 0.717) is 24.7 Å². The third-order valence-corrected chi connectivity index (χ3v) is 4.84. The smallest absolute Gasteiger partial charge is 0.222 e. The Morgan fingerprint density at radius 2 is 2.28 bits per heavy atom. The van der Waals surface area contributed by atoms with Crippen molar-refractivity contribution in [1.82, 2.24) is 9.88 Å². The van der Waals surface area contributed by atoms with E-state index >= 15 is 0 Å². The van der Waals surface area contributed by atoms with E-state index in [1.54, 1.807) is 7.11 Å². The average Bonchev–Trinajstić information content (AvgIpc) is 3.13. The molecule has 1 saturated heterocycles. The summed E-state index contributed by atoms with van der Waals surface area (Å²) in [7, 11) is 1.62. The summed E-state index contributed by atoms with van der Waals surface area (Å²) in [6, 6.07) is 7.69. The molecule has 1 aromatic carbocycles. The van der Waals surface area contributed by atoms with E-state index < -0.39 is 0 Å². The van der Waals surface area contributed by atoms with Crippen LogP contribution < -0.4 is 4.74 Å². The standard InChI is InChI=1S/C19H23ClN2O3/c1-3-18(23)22(12-16-5-4-8-25-16)11-14-9-13-6-7-15(24-2)10-17(13)21-19(14)20/h6-7,9-10,16H,3-5,8,11-12H2,1-2H3. The molecule has 1 unspecified atom stereocenters. The van der Waals surface area contributed by atoms with Gasteiger partial charge in [0, 0.05) is 43.1 Å². The lowest BCUT2D eigenvalue weighted by molar-refractivity contribution is -0.133. The molecular formula is C19H23ClN2O3. The van der Waals surface area contributed by atoms with Crippen LogP contribution in [0.2, 0.25) is 5.15 Å². The van der Waals surface area contributed by atoms with E-state index in [4.69, 9.17) is 21.1 Å². The number of pyridine rings is 1. The van der Waals surface area contributed by atoms with Crippen LogP contribution in [0.5, 0.6) is 5.75 Å². The first kappa shape index (κ1) is 18.0. The van der Waals surface area contributed by atoms with Gasteiger partial charge in [0.2, 0.25) is 5.91 Å². The number of rotatable bonds is 6. The third kappa shape index (κ3) is 4.22. The molecule has 1 aliphatic heterocycles. The van der Waals surface area contributed by atoms with Crippen LogP contribution in [0.3, 0.4) is 0 Å². The summed E-state index contributed by atoms with van der Waals surface area (Å²) in [5, 5.41) is 1.39. The van der Waals surface area contributed by atoms with Crippen LogP contribution in [0.25, 0.3) is 10.9 Å². The molecule has 6 heteroatoms. The van der Waals surface area contributed by atoms with Crippen LogP contribution in [0, 0.1) is 0 Å². The Balaban J connectivity index is 1.84. The Labute approximate surface area is 152 Å². The van der Waals surface area contributed by atoms with Crippen LogP contribution in [0.1, 0.15) is 31.7 Å². The molecule has 2 heterocycles. The van der Waals surface area contributed by atoms with Crippen LogP contribution >= 0.6 is 11.6 Å². The number of halogens is 1. The van der Waals surface area contributed by atoms with Crippen molar-refractivity contribution < 1.29 is 14.3 Å². The van der Waals surface area contributed by atoms with Gasteiger partial charge in [0.15, 0.2) is 0 Å². The molecule has 25 heavy (non-hydrogen) atoms. The molecule has 1 atom stereocenters. The monoisotopic (exact) mass is 362 g/mol. The maximum atomic E-state index is 12.4. The molecule has 0 radical (unpaired) electrons. The van der Waals surface area contributed by atoms with E-state index in [1.165, 1.54) is 0 Å². The Morgan fingerprint density at radius 3 is 2.96 bits per heavy atom. The summed E-state index contributed by atoms with van der Waals surface area (Å²) >= 11 is 6.39. The molecule has 0 spiro atoms. The summed E-state index contributed by atoms with van der Waals surface area (Å²) in [5.74, 6) is 0.839. The first-order valence-electron chi connectivity index (χ1n) is 8.63. The van der Waals surface area contributed by atoms with Gasteiger partial charge in [-0.15, -0.1) is 0 Å². The molecule has 0 saturated carbocycles. The highest BCUT2D eigenvalue weighted by atomic mass is 35.5. The summed E-state index contributed by atoms with van der Waals surface area (Å²) in [6.45, 7) is 3.69. The number of carbonyl (C=O) groups excluding carboxylic acids is 1. The van der Waals surface area contributed by atoms with E-state index in [-0.39, 0.29) is 12.0 Å². The molecule has 1 fully saturated rings. The number of benzene rings is 1. The van der Waals surface area contributed by atoms with Gasteiger partial charge in [-0.1, -0.05) is 18.5 Å². The quantitative estimate of drug-likeness (QED) is 0.733. The minimum Gasteiger partial charge on any atom is -0.497 e. The second-order valence-electron chi connectivity index (χ2n) is 6.26. The van der Waals surface area contributed by atoms with E-state index in [1.807, 2.05) is 36.1 Å². The summed E-state index contributed by atoms with van der Waals surface area (Å²) in [6.07, 6.45) is 2.63. The van der Waals surface area contributed by atoms with Gasteiger partial charge in [-0.25, -0.2) is 4.98 Å². The number of aromatic nitrogens is 1. The largest absolute Gasteiger partial charge is 0.497 e. The van der Waals surface area contributed by atoms with Crippen LogP contribution in [0.15, 0.2) is 24.3 Å². The highest BCUT2D eigenvalue weighted by Crippen LogP contribution is 2.26. The van der Waals surface area contributed by atoms with Crippen molar-refractivity contribution >= 4 is 28.4 Å². The molecule has 0 aliphatic carbocycles. The average molecular weight is 363 g/mol. The fourth-order valence-corrected chi connectivity index (χ4v) is 3.33. The highest BCUT2D eigenvalue weighted by Gasteiger charge is 2.23. The second-order valence-corrected chi connectivity index (χ2v) is 6.62. The fourth-order valence-electron chi connectivity index (χ4n) is 3.12. The van der Waals surface area contributed by atoms with Gasteiger partial charge in [0.05, 0.1) is 18.7 Å². The first-order valence-corrected chi connectivity index (χ1v) is 9.01. The lowest BCUT2D eigenvalue weighted by Crippen LogP contribution is -2.36. The summed E-state index contributed by atoms with van der Waals surface area (Å²) in [4.78, 5) is 18.7. The highest BCUT2D eigenvalue weighted by molar-refractivity contribution is 6.30. The molecule has 0 N–H and O–H groups in total. The number of ether oxygens (including phenoxy) is 2. The number of carbonyl (C=O) groups is 1. The van der Waals surface area contributed by atoms with E-state index in [2.05, 4.69) is 4.98 Å². The number of nitrogens with zero attached hydrogens (tertiary/aromatic N) is 2. The number of hydrogen-bond donors (Lipinski definition) is 0. The van der Waals surface area contributed by atoms with Gasteiger partial charge >= 0.3 is 0 Å².